The van der Waals surface area contributed by atoms with Gasteiger partial charge in [0.05, 0.1) is 19.3 Å². The summed E-state index contributed by atoms with van der Waals surface area (Å²) < 4.78 is 17.5. The lowest BCUT2D eigenvalue weighted by Crippen LogP contribution is -2.55. The van der Waals surface area contributed by atoms with Crippen LogP contribution in [0, 0.1) is 0 Å². The van der Waals surface area contributed by atoms with Gasteiger partial charge in [-0.05, 0) is 54.8 Å². The second kappa shape index (κ2) is 13.1. The van der Waals surface area contributed by atoms with Crippen molar-refractivity contribution >= 4 is 11.8 Å². The zero-order valence-electron chi connectivity index (χ0n) is 22.5. The van der Waals surface area contributed by atoms with Gasteiger partial charge < -0.3 is 24.4 Å². The van der Waals surface area contributed by atoms with E-state index in [1.807, 2.05) is 36.4 Å². The Morgan fingerprint density at radius 3 is 2.64 bits per heavy atom. The van der Waals surface area contributed by atoms with E-state index in [-0.39, 0.29) is 25.5 Å². The van der Waals surface area contributed by atoms with Crippen LogP contribution in [0.4, 0.5) is 0 Å². The molecule has 39 heavy (non-hydrogen) atoms. The second-order valence-corrected chi connectivity index (χ2v) is 10.2. The molecule has 0 radical (unpaired) electrons. The number of ether oxygens (including phenoxy) is 3. The maximum absolute atomic E-state index is 13.9. The van der Waals surface area contributed by atoms with Crippen LogP contribution in [-0.2, 0) is 9.53 Å². The molecule has 1 saturated carbocycles. The highest BCUT2D eigenvalue weighted by atomic mass is 16.5. The van der Waals surface area contributed by atoms with Crippen LogP contribution < -0.4 is 20.3 Å². The minimum Gasteiger partial charge on any atom is -0.497 e. The predicted octanol–water partition coefficient (Wildman–Crippen LogP) is 3.61. The first-order chi connectivity index (χ1) is 18.9. The maximum atomic E-state index is 13.9. The Morgan fingerprint density at radius 2 is 1.95 bits per heavy atom. The van der Waals surface area contributed by atoms with E-state index >= 15 is 0 Å². The SMILES string of the molecule is C=CC[C@]1(C(=O)NNCC2(O)CCCCC2)N=C(c2ccc(OCCCO)cc2)O[C@H]1c1cccc(OC)c1. The van der Waals surface area contributed by atoms with Gasteiger partial charge in [0, 0.05) is 31.6 Å². The molecule has 1 aliphatic heterocycles. The first-order valence-electron chi connectivity index (χ1n) is 13.5. The Hall–Kier alpha value is -3.40. The topological polar surface area (TPSA) is 122 Å². The molecular weight excluding hydrogens is 498 g/mol. The van der Waals surface area contributed by atoms with Crippen molar-refractivity contribution in [2.45, 2.75) is 62.2 Å². The van der Waals surface area contributed by atoms with Gasteiger partial charge in [0.1, 0.15) is 11.5 Å². The van der Waals surface area contributed by atoms with E-state index in [9.17, 15) is 9.90 Å². The summed E-state index contributed by atoms with van der Waals surface area (Å²) >= 11 is 0. The fourth-order valence-electron chi connectivity index (χ4n) is 5.12. The molecule has 210 valence electrons. The minimum atomic E-state index is -1.35. The Kier molecular flexibility index (Phi) is 9.61. The number of aliphatic imine (C=N–C) groups is 1. The molecule has 1 aliphatic carbocycles. The van der Waals surface area contributed by atoms with Gasteiger partial charge in [0.2, 0.25) is 5.90 Å². The molecule has 0 unspecified atom stereocenters. The first kappa shape index (κ1) is 28.6. The highest BCUT2D eigenvalue weighted by molar-refractivity contribution is 6.01. The van der Waals surface area contributed by atoms with Gasteiger partial charge in [-0.15, -0.1) is 6.58 Å². The van der Waals surface area contributed by atoms with Crippen molar-refractivity contribution in [3.05, 3.63) is 72.3 Å². The zero-order chi connectivity index (χ0) is 27.7. The van der Waals surface area contributed by atoms with Crippen molar-refractivity contribution in [2.75, 3.05) is 26.9 Å². The second-order valence-electron chi connectivity index (χ2n) is 10.2. The third-order valence-corrected chi connectivity index (χ3v) is 7.29. The van der Waals surface area contributed by atoms with Crippen molar-refractivity contribution < 1.29 is 29.2 Å². The highest BCUT2D eigenvalue weighted by Crippen LogP contribution is 2.43. The summed E-state index contributed by atoms with van der Waals surface area (Å²) in [5.74, 6) is 1.25. The number of amides is 1. The number of rotatable bonds is 13. The van der Waals surface area contributed by atoms with E-state index in [1.165, 1.54) is 0 Å². The van der Waals surface area contributed by atoms with Crippen LogP contribution in [0.3, 0.4) is 0 Å². The summed E-state index contributed by atoms with van der Waals surface area (Å²) in [6.45, 7) is 4.63. The number of carbonyl (C=O) groups excluding carboxylic acids is 1. The summed E-state index contributed by atoms with van der Waals surface area (Å²) in [6, 6.07) is 14.7. The quantitative estimate of drug-likeness (QED) is 0.175. The van der Waals surface area contributed by atoms with E-state index in [4.69, 9.17) is 24.3 Å². The number of nitrogens with one attached hydrogen (secondary N) is 2. The molecule has 2 aromatic rings. The first-order valence-corrected chi connectivity index (χ1v) is 13.5. The predicted molar refractivity (Wildman–Crippen MR) is 149 cm³/mol. The number of hydrazine groups is 1. The van der Waals surface area contributed by atoms with Crippen LogP contribution in [0.2, 0.25) is 0 Å². The molecule has 0 saturated heterocycles. The maximum Gasteiger partial charge on any atom is 0.266 e. The molecule has 0 bridgehead atoms. The van der Waals surface area contributed by atoms with Gasteiger partial charge in [-0.2, -0.15) is 0 Å². The van der Waals surface area contributed by atoms with Crippen LogP contribution >= 0.6 is 0 Å². The number of aliphatic hydroxyl groups is 2. The highest BCUT2D eigenvalue weighted by Gasteiger charge is 2.52. The lowest BCUT2D eigenvalue weighted by atomic mass is 9.84. The minimum absolute atomic E-state index is 0.0655. The van der Waals surface area contributed by atoms with Gasteiger partial charge in [0.25, 0.3) is 5.91 Å². The summed E-state index contributed by atoms with van der Waals surface area (Å²) in [6.07, 6.45) is 6.13. The number of carbonyl (C=O) groups is 1. The smallest absolute Gasteiger partial charge is 0.266 e. The Morgan fingerprint density at radius 1 is 1.18 bits per heavy atom. The third kappa shape index (κ3) is 6.79. The largest absolute Gasteiger partial charge is 0.497 e. The molecule has 9 nitrogen and oxygen atoms in total. The number of benzene rings is 2. The average Bonchev–Trinajstić information content (AvgIpc) is 3.35. The van der Waals surface area contributed by atoms with E-state index in [0.717, 1.165) is 24.8 Å². The summed E-state index contributed by atoms with van der Waals surface area (Å²) in [5.41, 5.74) is 5.02. The van der Waals surface area contributed by atoms with E-state index in [0.29, 0.717) is 48.8 Å². The Labute approximate surface area is 229 Å². The van der Waals surface area contributed by atoms with Gasteiger partial charge >= 0.3 is 0 Å². The van der Waals surface area contributed by atoms with Crippen LogP contribution in [-0.4, -0.2) is 60.0 Å². The molecule has 1 amide bonds. The molecule has 2 aromatic carbocycles. The molecule has 1 heterocycles. The van der Waals surface area contributed by atoms with Crippen molar-refractivity contribution in [1.29, 1.82) is 0 Å². The standard InChI is InChI=1S/C30H39N3O6/c1-3-15-30(28(35)33-31-21-29(36)16-5-4-6-17-29)26(23-9-7-10-25(20-23)37-2)39-27(32-30)22-11-13-24(14-12-22)38-19-8-18-34/h3,7,9-14,20,26,31,34,36H,1,4-6,8,15-19,21H2,2H3,(H,33,35)/t26-,30-/m0/s1. The van der Waals surface area contributed by atoms with Crippen molar-refractivity contribution in [2.24, 2.45) is 4.99 Å². The van der Waals surface area contributed by atoms with E-state index in [1.54, 1.807) is 25.3 Å². The fraction of sp³-hybridized carbons (Fsp3) is 0.467. The normalized spacial score (nSPS) is 21.9. The molecule has 9 heteroatoms. The lowest BCUT2D eigenvalue weighted by Gasteiger charge is -2.33. The Balaban J connectivity index is 1.61. The Bertz CT molecular complexity index is 1150. The van der Waals surface area contributed by atoms with Crippen molar-refractivity contribution in [1.82, 2.24) is 10.9 Å². The van der Waals surface area contributed by atoms with Gasteiger partial charge in [0.15, 0.2) is 11.6 Å². The molecule has 4 N–H and O–H groups in total. The summed E-state index contributed by atoms with van der Waals surface area (Å²) in [5, 5.41) is 19.8. The van der Waals surface area contributed by atoms with Gasteiger partial charge in [-0.3, -0.25) is 10.2 Å². The van der Waals surface area contributed by atoms with Crippen LogP contribution in [0.15, 0.2) is 66.2 Å². The zero-order valence-corrected chi connectivity index (χ0v) is 22.5. The lowest BCUT2D eigenvalue weighted by molar-refractivity contribution is -0.130. The number of aliphatic hydroxyl groups excluding tert-OH is 1. The summed E-state index contributed by atoms with van der Waals surface area (Å²) in [4.78, 5) is 18.7. The number of nitrogens with zero attached hydrogens (tertiary/aromatic N) is 1. The average molecular weight is 538 g/mol. The number of hydrogen-bond donors (Lipinski definition) is 4. The molecule has 2 atom stereocenters. The number of hydrogen-bond acceptors (Lipinski definition) is 8. The molecule has 0 spiro atoms. The van der Waals surface area contributed by atoms with E-state index in [2.05, 4.69) is 17.4 Å². The van der Waals surface area contributed by atoms with E-state index < -0.39 is 17.2 Å². The number of methoxy groups -OCH3 is 1. The van der Waals surface area contributed by atoms with Crippen LogP contribution in [0.5, 0.6) is 11.5 Å². The summed E-state index contributed by atoms with van der Waals surface area (Å²) in [7, 11) is 1.59. The molecule has 2 aliphatic rings. The van der Waals surface area contributed by atoms with Gasteiger partial charge in [-0.25, -0.2) is 10.4 Å². The third-order valence-electron chi connectivity index (χ3n) is 7.29. The molecular formula is C30H39N3O6. The van der Waals surface area contributed by atoms with Crippen LogP contribution in [0.1, 0.15) is 62.2 Å². The monoisotopic (exact) mass is 537 g/mol. The molecule has 0 aromatic heterocycles. The fourth-order valence-corrected chi connectivity index (χ4v) is 5.12. The van der Waals surface area contributed by atoms with Gasteiger partial charge in [-0.1, -0.05) is 37.5 Å². The molecule has 1 fully saturated rings. The van der Waals surface area contributed by atoms with Crippen molar-refractivity contribution in [3.8, 4) is 11.5 Å². The van der Waals surface area contributed by atoms with Crippen LogP contribution in [0.25, 0.3) is 0 Å². The van der Waals surface area contributed by atoms with Crippen molar-refractivity contribution in [3.63, 3.8) is 0 Å². The molecule has 4 rings (SSSR count).